The standard InChI is InChI=1S/C15H22F2N2O2/c1-2-3-4-5-6-19(7-8-20)15(21)11-9-14(18)13(17)10-12(11)16/h9-10,20H,2-8,18H2,1H3. The highest BCUT2D eigenvalue weighted by Crippen LogP contribution is 2.18. The molecule has 0 bridgehead atoms. The highest BCUT2D eigenvalue weighted by molar-refractivity contribution is 5.95. The SMILES string of the molecule is CCCCCCN(CCO)C(=O)c1cc(N)c(F)cc1F. The predicted octanol–water partition coefficient (Wildman–Crippen LogP) is 2.56. The van der Waals surface area contributed by atoms with E-state index in [0.29, 0.717) is 12.6 Å². The van der Waals surface area contributed by atoms with E-state index in [2.05, 4.69) is 6.92 Å². The van der Waals surface area contributed by atoms with E-state index in [9.17, 15) is 13.6 Å². The van der Waals surface area contributed by atoms with Gasteiger partial charge >= 0.3 is 0 Å². The number of nitrogens with zero attached hydrogens (tertiary/aromatic N) is 1. The topological polar surface area (TPSA) is 66.6 Å². The minimum absolute atomic E-state index is 0.113. The maximum Gasteiger partial charge on any atom is 0.256 e. The van der Waals surface area contributed by atoms with Crippen molar-refractivity contribution in [3.05, 3.63) is 29.3 Å². The molecular weight excluding hydrogens is 278 g/mol. The maximum absolute atomic E-state index is 13.7. The third-order valence-corrected chi connectivity index (χ3v) is 3.26. The quantitative estimate of drug-likeness (QED) is 0.573. The fourth-order valence-electron chi connectivity index (χ4n) is 2.07. The summed E-state index contributed by atoms with van der Waals surface area (Å²) in [6.07, 6.45) is 3.85. The van der Waals surface area contributed by atoms with Crippen LogP contribution in [0.3, 0.4) is 0 Å². The van der Waals surface area contributed by atoms with Crippen molar-refractivity contribution in [2.75, 3.05) is 25.4 Å². The number of nitrogens with two attached hydrogens (primary N) is 1. The number of aliphatic hydroxyl groups is 1. The van der Waals surface area contributed by atoms with Crippen LogP contribution in [0.15, 0.2) is 12.1 Å². The third kappa shape index (κ3) is 4.97. The van der Waals surface area contributed by atoms with Gasteiger partial charge in [0.2, 0.25) is 0 Å². The molecule has 0 saturated carbocycles. The molecule has 1 aromatic rings. The molecule has 0 spiro atoms. The lowest BCUT2D eigenvalue weighted by Crippen LogP contribution is -2.35. The van der Waals surface area contributed by atoms with E-state index in [1.807, 2.05) is 0 Å². The van der Waals surface area contributed by atoms with Gasteiger partial charge in [0.25, 0.3) is 5.91 Å². The van der Waals surface area contributed by atoms with Gasteiger partial charge < -0.3 is 15.7 Å². The number of halogens is 2. The number of nitrogen functional groups attached to an aromatic ring is 1. The average Bonchev–Trinajstić information content (AvgIpc) is 2.45. The molecule has 0 fully saturated rings. The Morgan fingerprint density at radius 3 is 2.52 bits per heavy atom. The van der Waals surface area contributed by atoms with Crippen molar-refractivity contribution >= 4 is 11.6 Å². The fraction of sp³-hybridized carbons (Fsp3) is 0.533. The van der Waals surface area contributed by atoms with Crippen molar-refractivity contribution in [2.45, 2.75) is 32.6 Å². The summed E-state index contributed by atoms with van der Waals surface area (Å²) in [4.78, 5) is 13.6. The Labute approximate surface area is 123 Å². The van der Waals surface area contributed by atoms with Crippen molar-refractivity contribution in [2.24, 2.45) is 0 Å². The number of rotatable bonds is 8. The summed E-state index contributed by atoms with van der Waals surface area (Å²) in [5, 5.41) is 9.03. The van der Waals surface area contributed by atoms with Crippen molar-refractivity contribution in [1.29, 1.82) is 0 Å². The zero-order valence-electron chi connectivity index (χ0n) is 12.2. The number of hydrogen-bond acceptors (Lipinski definition) is 3. The predicted molar refractivity (Wildman–Crippen MR) is 77.9 cm³/mol. The second-order valence-corrected chi connectivity index (χ2v) is 4.93. The van der Waals surface area contributed by atoms with Gasteiger partial charge in [0.15, 0.2) is 0 Å². The van der Waals surface area contributed by atoms with Crippen LogP contribution in [-0.2, 0) is 0 Å². The Hall–Kier alpha value is -1.69. The number of carbonyl (C=O) groups excluding carboxylic acids is 1. The first kappa shape index (κ1) is 17.4. The van der Waals surface area contributed by atoms with Gasteiger partial charge in [-0.15, -0.1) is 0 Å². The molecule has 21 heavy (non-hydrogen) atoms. The van der Waals surface area contributed by atoms with E-state index >= 15 is 0 Å². The van der Waals surface area contributed by atoms with E-state index in [-0.39, 0.29) is 24.4 Å². The summed E-state index contributed by atoms with van der Waals surface area (Å²) in [5.74, 6) is -2.41. The molecule has 0 aliphatic rings. The van der Waals surface area contributed by atoms with Gasteiger partial charge in [-0.1, -0.05) is 26.2 Å². The normalized spacial score (nSPS) is 10.7. The lowest BCUT2D eigenvalue weighted by atomic mass is 10.1. The molecule has 1 amide bonds. The van der Waals surface area contributed by atoms with Crippen LogP contribution in [0.1, 0.15) is 43.0 Å². The van der Waals surface area contributed by atoms with Crippen molar-refractivity contribution in [3.63, 3.8) is 0 Å². The minimum Gasteiger partial charge on any atom is -0.396 e. The van der Waals surface area contributed by atoms with Crippen LogP contribution in [0.5, 0.6) is 0 Å². The fourth-order valence-corrected chi connectivity index (χ4v) is 2.07. The first-order valence-electron chi connectivity index (χ1n) is 7.15. The molecule has 6 heteroatoms. The van der Waals surface area contributed by atoms with E-state index < -0.39 is 17.5 Å². The molecule has 0 saturated heterocycles. The first-order chi connectivity index (χ1) is 10.0. The Bertz CT molecular complexity index is 481. The van der Waals surface area contributed by atoms with Crippen molar-refractivity contribution in [1.82, 2.24) is 4.90 Å². The number of amides is 1. The summed E-state index contributed by atoms with van der Waals surface area (Å²) in [5.41, 5.74) is 4.84. The van der Waals surface area contributed by atoms with Gasteiger partial charge in [0.05, 0.1) is 17.9 Å². The zero-order valence-corrected chi connectivity index (χ0v) is 12.2. The zero-order chi connectivity index (χ0) is 15.8. The second-order valence-electron chi connectivity index (χ2n) is 4.93. The molecule has 1 rings (SSSR count). The monoisotopic (exact) mass is 300 g/mol. The summed E-state index contributed by atoms with van der Waals surface area (Å²) in [7, 11) is 0. The maximum atomic E-state index is 13.7. The summed E-state index contributed by atoms with van der Waals surface area (Å²) in [6, 6.07) is 1.61. The molecule has 0 radical (unpaired) electrons. The van der Waals surface area contributed by atoms with Crippen molar-refractivity contribution in [3.8, 4) is 0 Å². The van der Waals surface area contributed by atoms with Crippen molar-refractivity contribution < 1.29 is 18.7 Å². The van der Waals surface area contributed by atoms with Gasteiger partial charge in [-0.05, 0) is 12.5 Å². The smallest absolute Gasteiger partial charge is 0.256 e. The van der Waals surface area contributed by atoms with Gasteiger partial charge in [0, 0.05) is 19.2 Å². The lowest BCUT2D eigenvalue weighted by molar-refractivity contribution is 0.0713. The molecule has 0 aromatic heterocycles. The van der Waals surface area contributed by atoms with Crippen LogP contribution < -0.4 is 5.73 Å². The molecule has 1 aromatic carbocycles. The van der Waals surface area contributed by atoms with Crippen LogP contribution in [-0.4, -0.2) is 35.6 Å². The largest absolute Gasteiger partial charge is 0.396 e. The van der Waals surface area contributed by atoms with Crippen LogP contribution in [0.4, 0.5) is 14.5 Å². The van der Waals surface area contributed by atoms with Gasteiger partial charge in [-0.25, -0.2) is 8.78 Å². The molecule has 0 aliphatic heterocycles. The van der Waals surface area contributed by atoms with E-state index in [0.717, 1.165) is 31.7 Å². The summed E-state index contributed by atoms with van der Waals surface area (Å²) in [6.45, 7) is 2.41. The third-order valence-electron chi connectivity index (χ3n) is 3.26. The van der Waals surface area contributed by atoms with Gasteiger partial charge in [-0.3, -0.25) is 4.79 Å². The minimum atomic E-state index is -0.941. The second kappa shape index (κ2) is 8.56. The van der Waals surface area contributed by atoms with E-state index in [4.69, 9.17) is 10.8 Å². The molecule has 3 N–H and O–H groups in total. The average molecular weight is 300 g/mol. The van der Waals surface area contributed by atoms with E-state index in [1.165, 1.54) is 4.90 Å². The van der Waals surface area contributed by atoms with Crippen LogP contribution in [0.25, 0.3) is 0 Å². The van der Waals surface area contributed by atoms with E-state index in [1.54, 1.807) is 0 Å². The molecule has 4 nitrogen and oxygen atoms in total. The molecule has 118 valence electrons. The molecule has 0 heterocycles. The number of aliphatic hydroxyl groups excluding tert-OH is 1. The number of anilines is 1. The first-order valence-corrected chi connectivity index (χ1v) is 7.15. The van der Waals surface area contributed by atoms with Crippen LogP contribution in [0, 0.1) is 11.6 Å². The Kier molecular flexibility index (Phi) is 7.08. The number of carbonyl (C=O) groups is 1. The highest BCUT2D eigenvalue weighted by atomic mass is 19.1. The number of hydrogen-bond donors (Lipinski definition) is 2. The van der Waals surface area contributed by atoms with Crippen LogP contribution in [0.2, 0.25) is 0 Å². The van der Waals surface area contributed by atoms with Gasteiger partial charge in [0.1, 0.15) is 11.6 Å². The number of unbranched alkanes of at least 4 members (excludes halogenated alkanes) is 3. The summed E-state index contributed by atoms with van der Waals surface area (Å²) >= 11 is 0. The Morgan fingerprint density at radius 1 is 1.19 bits per heavy atom. The summed E-state index contributed by atoms with van der Waals surface area (Å²) < 4.78 is 26.8. The highest BCUT2D eigenvalue weighted by Gasteiger charge is 2.20. The number of benzene rings is 1. The molecular formula is C15H22F2N2O2. The molecule has 0 aliphatic carbocycles. The molecule has 0 unspecified atom stereocenters. The lowest BCUT2D eigenvalue weighted by Gasteiger charge is -2.22. The van der Waals surface area contributed by atoms with Crippen LogP contribution >= 0.6 is 0 Å². The Balaban J connectivity index is 2.82. The molecule has 0 atom stereocenters. The Morgan fingerprint density at radius 2 is 1.90 bits per heavy atom. The van der Waals surface area contributed by atoms with Gasteiger partial charge in [-0.2, -0.15) is 0 Å².